The molecule has 0 bridgehead atoms. The first-order valence-electron chi connectivity index (χ1n) is 8.29. The van der Waals surface area contributed by atoms with Gasteiger partial charge in [-0.05, 0) is 67.6 Å². The molecule has 0 fully saturated rings. The van der Waals surface area contributed by atoms with E-state index < -0.39 is 0 Å². The van der Waals surface area contributed by atoms with Crippen molar-refractivity contribution < 1.29 is 13.6 Å². The second-order valence-corrected chi connectivity index (χ2v) is 7.14. The number of thiazole rings is 1. The third kappa shape index (κ3) is 3.66. The van der Waals surface area contributed by atoms with Gasteiger partial charge in [-0.1, -0.05) is 0 Å². The third-order valence-electron chi connectivity index (χ3n) is 4.05. The minimum absolute atomic E-state index is 0.263. The largest absolute Gasteiger partial charge is 0.459 e. The van der Waals surface area contributed by atoms with Crippen LogP contribution >= 0.6 is 11.3 Å². The number of rotatable bonds is 4. The molecule has 0 radical (unpaired) electrons. The topological polar surface area (TPSA) is 55.1 Å². The van der Waals surface area contributed by atoms with E-state index in [-0.39, 0.29) is 17.5 Å². The Morgan fingerprint density at radius 2 is 1.74 bits per heavy atom. The molecular weight excluding hydrogens is 363 g/mol. The van der Waals surface area contributed by atoms with E-state index in [0.29, 0.717) is 5.69 Å². The van der Waals surface area contributed by atoms with Gasteiger partial charge in [-0.2, -0.15) is 0 Å². The summed E-state index contributed by atoms with van der Waals surface area (Å²) in [5, 5.41) is 3.66. The van der Waals surface area contributed by atoms with Crippen molar-refractivity contribution in [1.29, 1.82) is 0 Å². The van der Waals surface area contributed by atoms with Gasteiger partial charge < -0.3 is 9.73 Å². The molecule has 0 aliphatic heterocycles. The van der Waals surface area contributed by atoms with Gasteiger partial charge in [0.25, 0.3) is 5.91 Å². The van der Waals surface area contributed by atoms with E-state index in [1.165, 1.54) is 18.4 Å². The van der Waals surface area contributed by atoms with Crippen LogP contribution in [0.25, 0.3) is 21.8 Å². The number of hydrogen-bond donors (Lipinski definition) is 1. The predicted octanol–water partition coefficient (Wildman–Crippen LogP) is 5.77. The first-order valence-corrected chi connectivity index (χ1v) is 9.10. The first kappa shape index (κ1) is 17.2. The highest BCUT2D eigenvalue weighted by molar-refractivity contribution is 7.15. The Morgan fingerprint density at radius 3 is 2.41 bits per heavy atom. The Balaban J connectivity index is 1.55. The Bertz CT molecular complexity index is 1070. The molecule has 0 atom stereocenters. The highest BCUT2D eigenvalue weighted by atomic mass is 32.1. The number of nitrogens with zero attached hydrogens (tertiary/aromatic N) is 1. The molecule has 2 aromatic heterocycles. The van der Waals surface area contributed by atoms with E-state index in [1.54, 1.807) is 35.6 Å². The van der Waals surface area contributed by atoms with Crippen molar-refractivity contribution >= 4 is 22.9 Å². The number of hydrogen-bond acceptors (Lipinski definition) is 4. The van der Waals surface area contributed by atoms with Crippen LogP contribution in [0, 0.1) is 12.7 Å². The molecule has 6 heteroatoms. The quantitative estimate of drug-likeness (QED) is 0.490. The number of benzene rings is 2. The van der Waals surface area contributed by atoms with Gasteiger partial charge in [0, 0.05) is 21.7 Å². The van der Waals surface area contributed by atoms with Crippen LogP contribution < -0.4 is 5.32 Å². The summed E-state index contributed by atoms with van der Waals surface area (Å²) >= 11 is 1.58. The predicted molar refractivity (Wildman–Crippen MR) is 104 cm³/mol. The van der Waals surface area contributed by atoms with E-state index in [9.17, 15) is 9.18 Å². The van der Waals surface area contributed by atoms with Crippen molar-refractivity contribution in [1.82, 2.24) is 4.98 Å². The summed E-state index contributed by atoms with van der Waals surface area (Å²) in [7, 11) is 0. The minimum Gasteiger partial charge on any atom is -0.459 e. The van der Waals surface area contributed by atoms with Crippen molar-refractivity contribution in [2.45, 2.75) is 6.92 Å². The van der Waals surface area contributed by atoms with Gasteiger partial charge >= 0.3 is 0 Å². The number of furan rings is 1. The zero-order chi connectivity index (χ0) is 18.8. The number of amides is 1. The van der Waals surface area contributed by atoms with Gasteiger partial charge in [0.2, 0.25) is 0 Å². The van der Waals surface area contributed by atoms with Crippen LogP contribution in [0.2, 0.25) is 0 Å². The lowest BCUT2D eigenvalue weighted by Gasteiger charge is -2.04. The number of anilines is 1. The van der Waals surface area contributed by atoms with Crippen LogP contribution in [0.1, 0.15) is 15.4 Å². The number of aryl methyl sites for hydroxylation is 1. The molecule has 134 valence electrons. The fraction of sp³-hybridized carbons (Fsp3) is 0.0476. The maximum atomic E-state index is 13.1. The van der Waals surface area contributed by atoms with Crippen LogP contribution in [0.5, 0.6) is 0 Å². The summed E-state index contributed by atoms with van der Waals surface area (Å²) in [6, 6.07) is 17.1. The summed E-state index contributed by atoms with van der Waals surface area (Å²) in [6.45, 7) is 2.00. The molecule has 1 amide bonds. The summed E-state index contributed by atoms with van der Waals surface area (Å²) in [5.74, 6) is -0.297. The zero-order valence-electron chi connectivity index (χ0n) is 14.4. The second-order valence-electron chi connectivity index (χ2n) is 5.94. The molecule has 4 nitrogen and oxygen atoms in total. The number of carbonyl (C=O) groups excluding carboxylic acids is 1. The smallest absolute Gasteiger partial charge is 0.291 e. The molecule has 0 aliphatic rings. The normalized spacial score (nSPS) is 10.7. The molecule has 1 N–H and O–H groups in total. The van der Waals surface area contributed by atoms with Crippen molar-refractivity contribution in [2.24, 2.45) is 0 Å². The van der Waals surface area contributed by atoms with Crippen LogP contribution in [0.15, 0.2) is 71.3 Å². The molecule has 0 unspecified atom stereocenters. The van der Waals surface area contributed by atoms with Crippen LogP contribution in [0.3, 0.4) is 0 Å². The molecule has 0 saturated heterocycles. The maximum absolute atomic E-state index is 13.1. The minimum atomic E-state index is -0.295. The maximum Gasteiger partial charge on any atom is 0.291 e. The first-order chi connectivity index (χ1) is 13.1. The Hall–Kier alpha value is -3.25. The Kier molecular flexibility index (Phi) is 4.56. The van der Waals surface area contributed by atoms with Crippen molar-refractivity contribution in [3.05, 3.63) is 83.4 Å². The monoisotopic (exact) mass is 378 g/mol. The number of aromatic nitrogens is 1. The SMILES string of the molecule is Cc1sc(-c2ccc(NC(=O)c3ccco3)cc2)nc1-c1ccc(F)cc1. The fourth-order valence-corrected chi connectivity index (χ4v) is 3.63. The fourth-order valence-electron chi connectivity index (χ4n) is 2.69. The van der Waals surface area contributed by atoms with Crippen LogP contribution in [-0.4, -0.2) is 10.9 Å². The van der Waals surface area contributed by atoms with E-state index in [1.807, 2.05) is 31.2 Å². The molecule has 0 spiro atoms. The number of nitrogens with one attached hydrogen (secondary N) is 1. The van der Waals surface area contributed by atoms with Gasteiger partial charge in [-0.15, -0.1) is 11.3 Å². The van der Waals surface area contributed by atoms with Gasteiger partial charge in [0.15, 0.2) is 5.76 Å². The Labute approximate surface area is 159 Å². The van der Waals surface area contributed by atoms with Crippen molar-refractivity contribution in [3.8, 4) is 21.8 Å². The number of carbonyl (C=O) groups is 1. The van der Waals surface area contributed by atoms with Crippen LogP contribution in [-0.2, 0) is 0 Å². The molecular formula is C21H15FN2O2S. The molecule has 2 heterocycles. The molecule has 0 aliphatic carbocycles. The average Bonchev–Trinajstić information content (AvgIpc) is 3.33. The summed E-state index contributed by atoms with van der Waals surface area (Å²) in [4.78, 5) is 17.8. The molecule has 0 saturated carbocycles. The van der Waals surface area contributed by atoms with E-state index in [4.69, 9.17) is 9.40 Å². The lowest BCUT2D eigenvalue weighted by Crippen LogP contribution is -2.10. The van der Waals surface area contributed by atoms with E-state index >= 15 is 0 Å². The Morgan fingerprint density at radius 1 is 1.04 bits per heavy atom. The van der Waals surface area contributed by atoms with E-state index in [0.717, 1.165) is 26.7 Å². The molecule has 2 aromatic carbocycles. The summed E-state index contributed by atoms with van der Waals surface area (Å²) in [6.07, 6.45) is 1.46. The van der Waals surface area contributed by atoms with Gasteiger partial charge in [0.05, 0.1) is 12.0 Å². The highest BCUT2D eigenvalue weighted by Gasteiger charge is 2.12. The molecule has 4 rings (SSSR count). The van der Waals surface area contributed by atoms with Gasteiger partial charge in [-0.3, -0.25) is 4.79 Å². The summed E-state index contributed by atoms with van der Waals surface area (Å²) < 4.78 is 18.2. The highest BCUT2D eigenvalue weighted by Crippen LogP contribution is 2.33. The zero-order valence-corrected chi connectivity index (χ0v) is 15.2. The van der Waals surface area contributed by atoms with Crippen molar-refractivity contribution in [3.63, 3.8) is 0 Å². The lowest BCUT2D eigenvalue weighted by atomic mass is 10.1. The van der Waals surface area contributed by atoms with Crippen molar-refractivity contribution in [2.75, 3.05) is 5.32 Å². The molecule has 4 aromatic rings. The van der Waals surface area contributed by atoms with E-state index in [2.05, 4.69) is 5.32 Å². The second kappa shape index (κ2) is 7.17. The van der Waals surface area contributed by atoms with Gasteiger partial charge in [0.1, 0.15) is 10.8 Å². The lowest BCUT2D eigenvalue weighted by molar-refractivity contribution is 0.0996. The van der Waals surface area contributed by atoms with Gasteiger partial charge in [-0.25, -0.2) is 9.37 Å². The van der Waals surface area contributed by atoms with Crippen LogP contribution in [0.4, 0.5) is 10.1 Å². The number of halogens is 1. The molecule has 27 heavy (non-hydrogen) atoms. The summed E-state index contributed by atoms with van der Waals surface area (Å²) in [5.41, 5.74) is 3.36. The standard InChI is InChI=1S/C21H15FN2O2S/c1-13-19(14-4-8-16(22)9-5-14)24-21(27-13)15-6-10-17(11-7-15)23-20(25)18-3-2-12-26-18/h2-12H,1H3,(H,23,25). The third-order valence-corrected chi connectivity index (χ3v) is 5.07. The average molecular weight is 378 g/mol.